The van der Waals surface area contributed by atoms with Crippen molar-refractivity contribution in [2.45, 2.75) is 25.3 Å². The van der Waals surface area contributed by atoms with Crippen molar-refractivity contribution in [3.05, 3.63) is 29.8 Å². The van der Waals surface area contributed by atoms with Gasteiger partial charge in [0.15, 0.2) is 0 Å². The van der Waals surface area contributed by atoms with Gasteiger partial charge in [0.05, 0.1) is 13.5 Å². The number of nitrogens with one attached hydrogen (secondary N) is 1. The van der Waals surface area contributed by atoms with Crippen LogP contribution < -0.4 is 10.1 Å². The summed E-state index contributed by atoms with van der Waals surface area (Å²) >= 11 is 0. The minimum Gasteiger partial charge on any atom is -0.496 e. The lowest BCUT2D eigenvalue weighted by Crippen LogP contribution is -2.42. The first kappa shape index (κ1) is 16.5. The summed E-state index contributed by atoms with van der Waals surface area (Å²) in [5.74, 6) is -2.53. The molecule has 0 aliphatic carbocycles. The number of aliphatic carboxylic acids is 2. The fourth-order valence-corrected chi connectivity index (χ4v) is 1.80. The molecule has 1 atom stereocenters. The molecule has 7 heteroatoms. The summed E-state index contributed by atoms with van der Waals surface area (Å²) in [6.45, 7) is 0. The fraction of sp³-hybridized carbons (Fsp3) is 0.357. The van der Waals surface area contributed by atoms with Crippen LogP contribution in [0.25, 0.3) is 0 Å². The van der Waals surface area contributed by atoms with E-state index < -0.39 is 30.3 Å². The maximum atomic E-state index is 11.7. The Bertz CT molecular complexity index is 528. The van der Waals surface area contributed by atoms with Crippen molar-refractivity contribution < 1.29 is 29.3 Å². The summed E-state index contributed by atoms with van der Waals surface area (Å²) in [6.07, 6.45) is -0.241. The summed E-state index contributed by atoms with van der Waals surface area (Å²) < 4.78 is 5.15. The minimum atomic E-state index is -1.42. The van der Waals surface area contributed by atoms with Crippen LogP contribution >= 0.6 is 0 Å². The molecule has 0 aromatic heterocycles. The number of para-hydroxylation sites is 1. The van der Waals surface area contributed by atoms with Gasteiger partial charge in [-0.05, 0) is 18.1 Å². The largest absolute Gasteiger partial charge is 0.496 e. The Morgan fingerprint density at radius 1 is 1.24 bits per heavy atom. The van der Waals surface area contributed by atoms with Gasteiger partial charge in [-0.15, -0.1) is 0 Å². The highest BCUT2D eigenvalue weighted by molar-refractivity contribution is 5.86. The summed E-state index contributed by atoms with van der Waals surface area (Å²) in [7, 11) is 1.52. The number of carbonyl (C=O) groups excluding carboxylic acids is 1. The summed E-state index contributed by atoms with van der Waals surface area (Å²) in [6, 6.07) is 5.75. The normalized spacial score (nSPS) is 11.5. The molecule has 0 saturated carbocycles. The molecule has 1 aromatic rings. The zero-order valence-electron chi connectivity index (χ0n) is 11.5. The van der Waals surface area contributed by atoms with Gasteiger partial charge in [0.25, 0.3) is 0 Å². The number of amides is 1. The number of benzene rings is 1. The Balaban J connectivity index is 2.56. The van der Waals surface area contributed by atoms with E-state index in [1.165, 1.54) is 7.11 Å². The molecule has 114 valence electrons. The maximum absolute atomic E-state index is 11.7. The smallest absolute Gasteiger partial charge is 0.326 e. The Hall–Kier alpha value is -2.57. The van der Waals surface area contributed by atoms with E-state index in [0.29, 0.717) is 12.2 Å². The van der Waals surface area contributed by atoms with E-state index >= 15 is 0 Å². The van der Waals surface area contributed by atoms with Crippen LogP contribution in [0.4, 0.5) is 0 Å². The van der Waals surface area contributed by atoms with Crippen molar-refractivity contribution >= 4 is 17.8 Å². The zero-order valence-corrected chi connectivity index (χ0v) is 11.5. The first-order valence-corrected chi connectivity index (χ1v) is 6.30. The highest BCUT2D eigenvalue weighted by Gasteiger charge is 2.22. The third kappa shape index (κ3) is 5.52. The summed E-state index contributed by atoms with van der Waals surface area (Å²) in [5.41, 5.74) is 0.820. The molecule has 0 aliphatic rings. The predicted octanol–water partition coefficient (Wildman–Crippen LogP) is 0.672. The molecule has 0 saturated heterocycles. The molecular weight excluding hydrogens is 278 g/mol. The van der Waals surface area contributed by atoms with Crippen LogP contribution in [-0.2, 0) is 20.8 Å². The number of carbonyl (C=O) groups is 3. The molecule has 0 spiro atoms. The number of carboxylic acid groups (broad SMARTS) is 2. The van der Waals surface area contributed by atoms with Crippen LogP contribution in [0.1, 0.15) is 18.4 Å². The molecule has 0 heterocycles. The number of ether oxygens (including phenoxy) is 1. The van der Waals surface area contributed by atoms with Gasteiger partial charge in [-0.3, -0.25) is 9.59 Å². The van der Waals surface area contributed by atoms with Crippen molar-refractivity contribution in [1.29, 1.82) is 0 Å². The topological polar surface area (TPSA) is 113 Å². The lowest BCUT2D eigenvalue weighted by atomic mass is 10.1. The first-order chi connectivity index (χ1) is 9.93. The van der Waals surface area contributed by atoms with Crippen LogP contribution in [0.2, 0.25) is 0 Å². The highest BCUT2D eigenvalue weighted by atomic mass is 16.5. The average molecular weight is 295 g/mol. The van der Waals surface area contributed by atoms with Gasteiger partial charge in [-0.1, -0.05) is 18.2 Å². The summed E-state index contributed by atoms with van der Waals surface area (Å²) in [5, 5.41) is 19.6. The number of hydrogen-bond donors (Lipinski definition) is 3. The number of methoxy groups -OCH3 is 1. The lowest BCUT2D eigenvalue weighted by Gasteiger charge is -2.13. The van der Waals surface area contributed by atoms with Gasteiger partial charge in [0, 0.05) is 6.42 Å². The third-order valence-electron chi connectivity index (χ3n) is 2.83. The van der Waals surface area contributed by atoms with Crippen molar-refractivity contribution in [3.63, 3.8) is 0 Å². The fourth-order valence-electron chi connectivity index (χ4n) is 1.80. The van der Waals surface area contributed by atoms with E-state index in [4.69, 9.17) is 14.9 Å². The third-order valence-corrected chi connectivity index (χ3v) is 2.83. The van der Waals surface area contributed by atoms with E-state index in [0.717, 1.165) is 5.56 Å². The standard InChI is InChI=1S/C14H17NO6/c1-21-11-5-3-2-4-9(11)6-7-12(16)15-10(14(19)20)8-13(17)18/h2-5,10H,6-8H2,1H3,(H,15,16)(H,17,18)(H,19,20)/t10-/m0/s1. The molecule has 0 radical (unpaired) electrons. The minimum absolute atomic E-state index is 0.0454. The number of rotatable bonds is 8. The average Bonchev–Trinajstić information content (AvgIpc) is 2.44. The first-order valence-electron chi connectivity index (χ1n) is 6.30. The number of aryl methyl sites for hydroxylation is 1. The van der Waals surface area contributed by atoms with Crippen molar-refractivity contribution in [3.8, 4) is 5.75 Å². The second-order valence-corrected chi connectivity index (χ2v) is 4.37. The Kier molecular flexibility index (Phi) is 6.19. The SMILES string of the molecule is COc1ccccc1CCC(=O)N[C@@H](CC(=O)O)C(=O)O. The van der Waals surface area contributed by atoms with Crippen molar-refractivity contribution in [2.24, 2.45) is 0 Å². The van der Waals surface area contributed by atoms with Crippen LogP contribution in [-0.4, -0.2) is 41.2 Å². The highest BCUT2D eigenvalue weighted by Crippen LogP contribution is 2.18. The van der Waals surface area contributed by atoms with Gasteiger partial charge >= 0.3 is 11.9 Å². The predicted molar refractivity (Wildman–Crippen MR) is 73.1 cm³/mol. The van der Waals surface area contributed by atoms with E-state index in [2.05, 4.69) is 5.32 Å². The molecule has 0 unspecified atom stereocenters. The summed E-state index contributed by atoms with van der Waals surface area (Å²) in [4.78, 5) is 33.1. The Labute approximate surface area is 121 Å². The van der Waals surface area contributed by atoms with Crippen molar-refractivity contribution in [2.75, 3.05) is 7.11 Å². The molecule has 3 N–H and O–H groups in total. The van der Waals surface area contributed by atoms with Gasteiger partial charge < -0.3 is 20.3 Å². The zero-order chi connectivity index (χ0) is 15.8. The van der Waals surface area contributed by atoms with Gasteiger partial charge in [-0.2, -0.15) is 0 Å². The molecule has 1 amide bonds. The number of carboxylic acids is 2. The molecule has 1 aromatic carbocycles. The van der Waals surface area contributed by atoms with E-state index in [-0.39, 0.29) is 6.42 Å². The molecule has 0 aliphatic heterocycles. The molecule has 1 rings (SSSR count). The number of hydrogen-bond acceptors (Lipinski definition) is 4. The van der Waals surface area contributed by atoms with Gasteiger partial charge in [0.1, 0.15) is 11.8 Å². The van der Waals surface area contributed by atoms with Crippen LogP contribution in [0.15, 0.2) is 24.3 Å². The quantitative estimate of drug-likeness (QED) is 0.649. The van der Waals surface area contributed by atoms with Crippen molar-refractivity contribution in [1.82, 2.24) is 5.32 Å². The lowest BCUT2D eigenvalue weighted by molar-refractivity contribution is -0.147. The van der Waals surface area contributed by atoms with E-state index in [9.17, 15) is 14.4 Å². The monoisotopic (exact) mass is 295 g/mol. The van der Waals surface area contributed by atoms with Crippen LogP contribution in [0, 0.1) is 0 Å². The molecule has 21 heavy (non-hydrogen) atoms. The van der Waals surface area contributed by atoms with Crippen LogP contribution in [0.5, 0.6) is 5.75 Å². The molecule has 7 nitrogen and oxygen atoms in total. The van der Waals surface area contributed by atoms with E-state index in [1.54, 1.807) is 24.3 Å². The van der Waals surface area contributed by atoms with Crippen LogP contribution in [0.3, 0.4) is 0 Å². The van der Waals surface area contributed by atoms with Gasteiger partial charge in [0.2, 0.25) is 5.91 Å². The van der Waals surface area contributed by atoms with E-state index in [1.807, 2.05) is 0 Å². The second kappa shape index (κ2) is 7.88. The molecule has 0 fully saturated rings. The Morgan fingerprint density at radius 2 is 1.90 bits per heavy atom. The molecular formula is C14H17NO6. The molecule has 0 bridgehead atoms. The van der Waals surface area contributed by atoms with Gasteiger partial charge in [-0.25, -0.2) is 4.79 Å². The second-order valence-electron chi connectivity index (χ2n) is 4.37. The Morgan fingerprint density at radius 3 is 2.48 bits per heavy atom. The maximum Gasteiger partial charge on any atom is 0.326 e.